The van der Waals surface area contributed by atoms with Crippen molar-refractivity contribution < 1.29 is 30.6 Å². The van der Waals surface area contributed by atoms with Crippen LogP contribution < -0.4 is 4.18 Å². The highest BCUT2D eigenvalue weighted by Gasteiger charge is 2.48. The minimum absolute atomic E-state index is 0.00811. The predicted octanol–water partition coefficient (Wildman–Crippen LogP) is 5.07. The molecule has 3 rings (SSSR count). The normalized spacial score (nSPS) is 19.9. The Morgan fingerprint density at radius 3 is 2.38 bits per heavy atom. The number of hydrogen-bond acceptors (Lipinski definition) is 6. The van der Waals surface area contributed by atoms with Crippen LogP contribution in [-0.4, -0.2) is 79.3 Å². The third-order valence-corrected chi connectivity index (χ3v) is 8.04. The van der Waals surface area contributed by atoms with E-state index in [2.05, 4.69) is 34.4 Å². The number of benzene rings is 2. The van der Waals surface area contributed by atoms with Crippen LogP contribution in [0.4, 0.5) is 13.2 Å². The van der Waals surface area contributed by atoms with Crippen molar-refractivity contribution in [2.45, 2.75) is 51.3 Å². The Balaban J connectivity index is 2.16. The summed E-state index contributed by atoms with van der Waals surface area (Å²) in [5.41, 5.74) is -3.88. The molecule has 39 heavy (non-hydrogen) atoms. The second-order valence-corrected chi connectivity index (χ2v) is 11.2. The summed E-state index contributed by atoms with van der Waals surface area (Å²) in [5.74, 6) is -0.605. The highest BCUT2D eigenvalue weighted by atomic mass is 32.2. The van der Waals surface area contributed by atoms with E-state index in [1.807, 2.05) is 32.1 Å². The lowest BCUT2D eigenvalue weighted by Gasteiger charge is -2.47. The quantitative estimate of drug-likeness (QED) is 0.227. The van der Waals surface area contributed by atoms with E-state index in [1.165, 1.54) is 18.2 Å². The zero-order valence-electron chi connectivity index (χ0n) is 22.7. The second-order valence-electron chi connectivity index (χ2n) is 9.66. The van der Waals surface area contributed by atoms with Gasteiger partial charge in [0.05, 0.1) is 6.04 Å². The molecule has 1 aliphatic heterocycles. The van der Waals surface area contributed by atoms with Crippen LogP contribution in [0.15, 0.2) is 61.2 Å². The van der Waals surface area contributed by atoms with Crippen LogP contribution in [-0.2, 0) is 10.1 Å². The van der Waals surface area contributed by atoms with Gasteiger partial charge in [-0.15, -0.1) is 6.58 Å². The number of carbonyl (C=O) groups excluding carboxylic acids is 1. The molecule has 0 saturated carbocycles. The standard InChI is InChI=1S/C28H36F3N3O4S/c1-6-16-33-18-21(5)34(19-20(33)4)26(24-14-9-10-15-25(24)27(35)32(7-2)8-3)22-12-11-13-23(17-22)38-39(36,37)28(29,30)31/h6,9-15,17,20-21,26H,1,7-8,16,18-19H2,2-5H3/t20-,21+,26-/m1/s1. The van der Waals surface area contributed by atoms with E-state index in [1.54, 1.807) is 23.1 Å². The molecule has 1 aliphatic rings. The predicted molar refractivity (Wildman–Crippen MR) is 145 cm³/mol. The largest absolute Gasteiger partial charge is 0.534 e. The van der Waals surface area contributed by atoms with E-state index in [4.69, 9.17) is 0 Å². The van der Waals surface area contributed by atoms with Gasteiger partial charge >= 0.3 is 15.6 Å². The van der Waals surface area contributed by atoms with Crippen molar-refractivity contribution in [3.8, 4) is 5.75 Å². The molecule has 0 spiro atoms. The van der Waals surface area contributed by atoms with E-state index >= 15 is 0 Å². The Labute approximate surface area is 229 Å². The van der Waals surface area contributed by atoms with E-state index in [0.717, 1.165) is 0 Å². The Kier molecular flexibility index (Phi) is 9.84. The Morgan fingerprint density at radius 2 is 1.77 bits per heavy atom. The van der Waals surface area contributed by atoms with Gasteiger partial charge in [-0.3, -0.25) is 14.6 Å². The molecule has 1 saturated heterocycles. The molecule has 1 fully saturated rings. The molecule has 214 valence electrons. The van der Waals surface area contributed by atoms with Gasteiger partial charge in [0, 0.05) is 50.4 Å². The van der Waals surface area contributed by atoms with Crippen molar-refractivity contribution in [2.75, 3.05) is 32.7 Å². The molecule has 2 aromatic carbocycles. The summed E-state index contributed by atoms with van der Waals surface area (Å²) in [4.78, 5) is 19.8. The average molecular weight is 568 g/mol. The van der Waals surface area contributed by atoms with Crippen molar-refractivity contribution in [3.63, 3.8) is 0 Å². The van der Waals surface area contributed by atoms with Gasteiger partial charge in [-0.05, 0) is 57.0 Å². The van der Waals surface area contributed by atoms with E-state index < -0.39 is 27.4 Å². The maximum Gasteiger partial charge on any atom is 0.534 e. The first-order valence-electron chi connectivity index (χ1n) is 12.9. The summed E-state index contributed by atoms with van der Waals surface area (Å²) in [5, 5.41) is 0. The molecule has 3 atom stereocenters. The van der Waals surface area contributed by atoms with Crippen molar-refractivity contribution in [3.05, 3.63) is 77.9 Å². The molecule has 11 heteroatoms. The first-order valence-corrected chi connectivity index (χ1v) is 14.3. The summed E-state index contributed by atoms with van der Waals surface area (Å²) in [6.45, 7) is 14.8. The van der Waals surface area contributed by atoms with Gasteiger partial charge in [-0.25, -0.2) is 0 Å². The van der Waals surface area contributed by atoms with Crippen LogP contribution in [0.1, 0.15) is 55.2 Å². The van der Waals surface area contributed by atoms with Gasteiger partial charge in [0.1, 0.15) is 5.75 Å². The maximum atomic E-state index is 13.6. The van der Waals surface area contributed by atoms with Crippen LogP contribution in [0.3, 0.4) is 0 Å². The number of halogens is 3. The van der Waals surface area contributed by atoms with Crippen LogP contribution in [0, 0.1) is 0 Å². The number of amides is 1. The molecule has 0 N–H and O–H groups in total. The molecule has 0 unspecified atom stereocenters. The molecule has 0 radical (unpaired) electrons. The van der Waals surface area contributed by atoms with Gasteiger partial charge in [0.15, 0.2) is 0 Å². The van der Waals surface area contributed by atoms with Crippen molar-refractivity contribution >= 4 is 16.0 Å². The Bertz CT molecular complexity index is 1260. The van der Waals surface area contributed by atoms with Crippen molar-refractivity contribution in [1.82, 2.24) is 14.7 Å². The molecule has 0 bridgehead atoms. The fourth-order valence-electron chi connectivity index (χ4n) is 5.08. The van der Waals surface area contributed by atoms with E-state index in [-0.39, 0.29) is 18.0 Å². The molecule has 1 amide bonds. The highest BCUT2D eigenvalue weighted by molar-refractivity contribution is 7.88. The third kappa shape index (κ3) is 6.82. The van der Waals surface area contributed by atoms with E-state index in [0.29, 0.717) is 49.4 Å². The average Bonchev–Trinajstić information content (AvgIpc) is 2.87. The second kappa shape index (κ2) is 12.5. The monoisotopic (exact) mass is 567 g/mol. The zero-order chi connectivity index (χ0) is 29.0. The van der Waals surface area contributed by atoms with Crippen LogP contribution >= 0.6 is 0 Å². The number of carbonyl (C=O) groups is 1. The van der Waals surface area contributed by atoms with Crippen LogP contribution in [0.2, 0.25) is 0 Å². The molecule has 7 nitrogen and oxygen atoms in total. The lowest BCUT2D eigenvalue weighted by atomic mass is 9.90. The summed E-state index contributed by atoms with van der Waals surface area (Å²) in [6.07, 6.45) is 1.84. The topological polar surface area (TPSA) is 70.2 Å². The lowest BCUT2D eigenvalue weighted by Crippen LogP contribution is -2.57. The highest BCUT2D eigenvalue weighted by Crippen LogP contribution is 2.37. The Morgan fingerprint density at radius 1 is 1.10 bits per heavy atom. The summed E-state index contributed by atoms with van der Waals surface area (Å²) >= 11 is 0. The molecule has 0 aromatic heterocycles. The van der Waals surface area contributed by atoms with Crippen molar-refractivity contribution in [1.29, 1.82) is 0 Å². The minimum atomic E-state index is -5.85. The minimum Gasteiger partial charge on any atom is -0.376 e. The molecule has 1 heterocycles. The van der Waals surface area contributed by atoms with Gasteiger partial charge in [-0.1, -0.05) is 36.4 Å². The summed E-state index contributed by atoms with van der Waals surface area (Å²) < 4.78 is 67.0. The van der Waals surface area contributed by atoms with Gasteiger partial charge in [0.25, 0.3) is 5.91 Å². The number of nitrogens with zero attached hydrogens (tertiary/aromatic N) is 3. The number of hydrogen-bond donors (Lipinski definition) is 0. The fraction of sp³-hybridized carbons (Fsp3) is 0.464. The summed E-state index contributed by atoms with van der Waals surface area (Å²) in [6, 6.07) is 12.4. The van der Waals surface area contributed by atoms with Crippen LogP contribution in [0.25, 0.3) is 0 Å². The van der Waals surface area contributed by atoms with Gasteiger partial charge in [0.2, 0.25) is 0 Å². The molecule has 2 aromatic rings. The fourth-order valence-corrected chi connectivity index (χ4v) is 5.53. The number of rotatable bonds is 10. The summed E-state index contributed by atoms with van der Waals surface area (Å²) in [7, 11) is -5.85. The smallest absolute Gasteiger partial charge is 0.376 e. The lowest BCUT2D eigenvalue weighted by molar-refractivity contribution is -0.0500. The maximum absolute atomic E-state index is 13.6. The Hall–Kier alpha value is -2.89. The van der Waals surface area contributed by atoms with Crippen LogP contribution in [0.5, 0.6) is 5.75 Å². The van der Waals surface area contributed by atoms with E-state index in [9.17, 15) is 26.4 Å². The van der Waals surface area contributed by atoms with Gasteiger partial charge in [-0.2, -0.15) is 21.6 Å². The van der Waals surface area contributed by atoms with Gasteiger partial charge < -0.3 is 9.08 Å². The van der Waals surface area contributed by atoms with Crippen molar-refractivity contribution in [2.24, 2.45) is 0 Å². The number of piperazine rings is 1. The molecular weight excluding hydrogens is 531 g/mol. The third-order valence-electron chi connectivity index (χ3n) is 7.06. The molecular formula is C28H36F3N3O4S. The number of alkyl halides is 3. The first-order chi connectivity index (χ1) is 18.3. The molecule has 0 aliphatic carbocycles. The SMILES string of the molecule is C=CCN1C[C@H](C)N([C@H](c2cccc(OS(=O)(=O)C(F)(F)F)c2)c2ccccc2C(=O)N(CC)CC)C[C@H]1C. The zero-order valence-corrected chi connectivity index (χ0v) is 23.5. The first kappa shape index (κ1) is 30.6.